The highest BCUT2D eigenvalue weighted by Gasteiger charge is 2.21. The molecule has 7 heteroatoms. The zero-order valence-electron chi connectivity index (χ0n) is 20.1. The van der Waals surface area contributed by atoms with Gasteiger partial charge in [-0.25, -0.2) is 9.67 Å². The minimum absolute atomic E-state index is 0.179. The van der Waals surface area contributed by atoms with Crippen LogP contribution in [0.1, 0.15) is 35.6 Å². The fraction of sp³-hybridized carbons (Fsp3) is 0.214. The molecule has 0 aliphatic carbocycles. The quantitative estimate of drug-likeness (QED) is 0.405. The smallest absolute Gasteiger partial charge is 0.266 e. The van der Waals surface area contributed by atoms with E-state index in [0.717, 1.165) is 11.1 Å². The third kappa shape index (κ3) is 6.07. The number of anilines is 1. The van der Waals surface area contributed by atoms with E-state index in [0.29, 0.717) is 18.1 Å². The number of carbonyl (C=O) groups excluding carboxylic acids is 1. The summed E-state index contributed by atoms with van der Waals surface area (Å²) in [5.74, 6) is 0.493. The van der Waals surface area contributed by atoms with E-state index < -0.39 is 6.04 Å². The van der Waals surface area contributed by atoms with Crippen molar-refractivity contribution < 1.29 is 4.79 Å². The molecule has 4 aromatic rings. The van der Waals surface area contributed by atoms with Crippen LogP contribution < -0.4 is 16.2 Å². The number of carbonyl (C=O) groups is 1. The molecule has 0 aliphatic rings. The monoisotopic (exact) mass is 467 g/mol. The first-order chi connectivity index (χ1) is 16.9. The number of hydrogen-bond donors (Lipinski definition) is 2. The fourth-order valence-corrected chi connectivity index (χ4v) is 3.79. The lowest BCUT2D eigenvalue weighted by Crippen LogP contribution is -2.35. The van der Waals surface area contributed by atoms with Crippen LogP contribution in [0.25, 0.3) is 11.3 Å². The van der Waals surface area contributed by atoms with E-state index in [2.05, 4.69) is 58.8 Å². The number of pyridine rings is 1. The van der Waals surface area contributed by atoms with Crippen LogP contribution in [0.4, 0.5) is 5.82 Å². The second-order valence-corrected chi connectivity index (χ2v) is 8.67. The lowest BCUT2D eigenvalue weighted by molar-refractivity contribution is -0.118. The fourth-order valence-electron chi connectivity index (χ4n) is 3.79. The maximum absolute atomic E-state index is 13.3. The van der Waals surface area contributed by atoms with Gasteiger partial charge in [-0.15, -0.1) is 0 Å². The largest absolute Gasteiger partial charge is 0.309 e. The average Bonchev–Trinajstić information content (AvgIpc) is 2.87. The second kappa shape index (κ2) is 10.9. The van der Waals surface area contributed by atoms with Gasteiger partial charge >= 0.3 is 0 Å². The Morgan fingerprint density at radius 1 is 0.943 bits per heavy atom. The summed E-state index contributed by atoms with van der Waals surface area (Å²) in [5, 5.41) is 10.6. The van der Waals surface area contributed by atoms with Crippen LogP contribution in [0.5, 0.6) is 0 Å². The highest BCUT2D eigenvalue weighted by Crippen LogP contribution is 2.21. The Morgan fingerprint density at radius 2 is 1.69 bits per heavy atom. The van der Waals surface area contributed by atoms with Gasteiger partial charge in [-0.2, -0.15) is 5.10 Å². The van der Waals surface area contributed by atoms with Gasteiger partial charge in [0, 0.05) is 31.4 Å². The number of hydrogen-bond acceptors (Lipinski definition) is 5. The van der Waals surface area contributed by atoms with E-state index >= 15 is 0 Å². The van der Waals surface area contributed by atoms with Gasteiger partial charge in [-0.1, -0.05) is 67.1 Å². The molecular weight excluding hydrogens is 438 g/mol. The predicted molar refractivity (Wildman–Crippen MR) is 138 cm³/mol. The normalized spacial score (nSPS) is 12.7. The number of nitrogens with one attached hydrogen (secondary N) is 2. The summed E-state index contributed by atoms with van der Waals surface area (Å²) in [4.78, 5) is 29.2. The van der Waals surface area contributed by atoms with Crippen molar-refractivity contribution >= 4 is 11.7 Å². The zero-order valence-corrected chi connectivity index (χ0v) is 20.1. The van der Waals surface area contributed by atoms with Gasteiger partial charge in [0.05, 0.1) is 5.69 Å². The summed E-state index contributed by atoms with van der Waals surface area (Å²) in [7, 11) is 1.60. The molecule has 2 N–H and O–H groups in total. The molecule has 0 fully saturated rings. The molecule has 4 rings (SSSR count). The van der Waals surface area contributed by atoms with Crippen LogP contribution in [0.2, 0.25) is 0 Å². The van der Waals surface area contributed by atoms with E-state index in [-0.39, 0.29) is 17.4 Å². The third-order valence-electron chi connectivity index (χ3n) is 5.94. The Morgan fingerprint density at radius 3 is 2.34 bits per heavy atom. The maximum Gasteiger partial charge on any atom is 0.266 e. The Hall–Kier alpha value is -4.10. The first-order valence-electron chi connectivity index (χ1n) is 11.6. The molecule has 1 amide bonds. The predicted octanol–water partition coefficient (Wildman–Crippen LogP) is 4.22. The number of aromatic nitrogens is 3. The molecule has 0 radical (unpaired) electrons. The van der Waals surface area contributed by atoms with Gasteiger partial charge in [0.1, 0.15) is 11.9 Å². The number of rotatable bonds is 8. The Kier molecular flexibility index (Phi) is 7.48. The van der Waals surface area contributed by atoms with E-state index in [1.165, 1.54) is 21.9 Å². The highest BCUT2D eigenvalue weighted by molar-refractivity contribution is 5.94. The molecule has 0 spiro atoms. The van der Waals surface area contributed by atoms with Crippen molar-refractivity contribution in [2.75, 3.05) is 11.9 Å². The molecular formula is C28H29N5O2. The Bertz CT molecular complexity index is 1330. The van der Waals surface area contributed by atoms with Crippen molar-refractivity contribution in [2.24, 2.45) is 7.05 Å². The van der Waals surface area contributed by atoms with E-state index in [1.54, 1.807) is 25.4 Å². The highest BCUT2D eigenvalue weighted by atomic mass is 16.2. The standard InChI is InChI=1S/C28H29N5O2/c1-19-9-11-21(12-10-19)20(2)17-30-27(22-7-5-4-6-8-22)28(35)31-25-15-13-23(18-29-25)24-14-16-26(34)33(3)32-24/h4-16,18,20,27,30H,17H2,1-3H3,(H,29,31,35)/t20-,27+/m1/s1. The molecule has 2 heterocycles. The lowest BCUT2D eigenvalue weighted by Gasteiger charge is -2.21. The van der Waals surface area contributed by atoms with Crippen LogP contribution in [-0.2, 0) is 11.8 Å². The SMILES string of the molecule is Cc1ccc([C@H](C)CN[C@H](C(=O)Nc2ccc(-c3ccc(=O)n(C)n3)cn2)c2ccccc2)cc1. The maximum atomic E-state index is 13.3. The molecule has 7 nitrogen and oxygen atoms in total. The summed E-state index contributed by atoms with van der Waals surface area (Å²) >= 11 is 0. The van der Waals surface area contributed by atoms with Crippen LogP contribution in [-0.4, -0.2) is 27.2 Å². The van der Waals surface area contributed by atoms with Crippen LogP contribution in [0.15, 0.2) is 89.9 Å². The molecule has 0 saturated heterocycles. The summed E-state index contributed by atoms with van der Waals surface area (Å²) in [6.07, 6.45) is 1.63. The lowest BCUT2D eigenvalue weighted by atomic mass is 9.98. The van der Waals surface area contributed by atoms with Gasteiger partial charge in [0.2, 0.25) is 5.91 Å². The number of amides is 1. The van der Waals surface area contributed by atoms with Crippen LogP contribution >= 0.6 is 0 Å². The van der Waals surface area contributed by atoms with Crippen molar-refractivity contribution in [1.29, 1.82) is 0 Å². The summed E-state index contributed by atoms with van der Waals surface area (Å²) in [6.45, 7) is 4.86. The van der Waals surface area contributed by atoms with E-state index in [9.17, 15) is 9.59 Å². The summed E-state index contributed by atoms with van der Waals surface area (Å²) in [5.41, 5.74) is 4.53. The molecule has 0 saturated carbocycles. The number of aryl methyl sites for hydroxylation is 2. The van der Waals surface area contributed by atoms with Crippen LogP contribution in [0.3, 0.4) is 0 Å². The second-order valence-electron chi connectivity index (χ2n) is 8.67. The molecule has 35 heavy (non-hydrogen) atoms. The van der Waals surface area contributed by atoms with Gasteiger partial charge in [-0.3, -0.25) is 9.59 Å². The molecule has 2 aromatic heterocycles. The van der Waals surface area contributed by atoms with Crippen molar-refractivity contribution in [1.82, 2.24) is 20.1 Å². The van der Waals surface area contributed by atoms with Gasteiger partial charge < -0.3 is 10.6 Å². The first-order valence-corrected chi connectivity index (χ1v) is 11.6. The van der Waals surface area contributed by atoms with Gasteiger partial charge in [0.25, 0.3) is 5.56 Å². The topological polar surface area (TPSA) is 88.9 Å². The van der Waals surface area contributed by atoms with E-state index in [1.807, 2.05) is 36.4 Å². The van der Waals surface area contributed by atoms with Gasteiger partial charge in [0.15, 0.2) is 0 Å². The molecule has 0 bridgehead atoms. The summed E-state index contributed by atoms with van der Waals surface area (Å²) < 4.78 is 1.28. The first kappa shape index (κ1) is 24.0. The average molecular weight is 468 g/mol. The van der Waals surface area contributed by atoms with Crippen molar-refractivity contribution in [3.63, 3.8) is 0 Å². The number of benzene rings is 2. The Labute approximate surface area is 204 Å². The molecule has 0 unspecified atom stereocenters. The van der Waals surface area contributed by atoms with Crippen molar-refractivity contribution in [3.05, 3.63) is 112 Å². The number of nitrogens with zero attached hydrogens (tertiary/aromatic N) is 3. The van der Waals surface area contributed by atoms with Crippen molar-refractivity contribution in [3.8, 4) is 11.3 Å². The van der Waals surface area contributed by atoms with Crippen LogP contribution in [0, 0.1) is 6.92 Å². The molecule has 2 aromatic carbocycles. The molecule has 0 aliphatic heterocycles. The summed E-state index contributed by atoms with van der Waals surface area (Å²) in [6, 6.07) is 24.3. The van der Waals surface area contributed by atoms with Gasteiger partial charge in [-0.05, 0) is 42.2 Å². The minimum atomic E-state index is -0.532. The Balaban J connectivity index is 1.47. The molecule has 178 valence electrons. The zero-order chi connectivity index (χ0) is 24.8. The van der Waals surface area contributed by atoms with E-state index in [4.69, 9.17) is 0 Å². The third-order valence-corrected chi connectivity index (χ3v) is 5.94. The minimum Gasteiger partial charge on any atom is -0.309 e. The van der Waals surface area contributed by atoms with Crippen molar-refractivity contribution in [2.45, 2.75) is 25.8 Å². The molecule has 2 atom stereocenters.